The van der Waals surface area contributed by atoms with Crippen molar-refractivity contribution in [2.45, 2.75) is 26.3 Å². The average Bonchev–Trinajstić information content (AvgIpc) is 3.15. The molecule has 0 unspecified atom stereocenters. The molecule has 3 rings (SSSR count). The van der Waals surface area contributed by atoms with Crippen molar-refractivity contribution in [3.8, 4) is 0 Å². The summed E-state index contributed by atoms with van der Waals surface area (Å²) in [7, 11) is 0. The summed E-state index contributed by atoms with van der Waals surface area (Å²) in [5, 5.41) is 3.48. The van der Waals surface area contributed by atoms with Gasteiger partial charge in [0.05, 0.1) is 6.26 Å². The van der Waals surface area contributed by atoms with Crippen molar-refractivity contribution in [1.29, 1.82) is 0 Å². The van der Waals surface area contributed by atoms with Gasteiger partial charge in [-0.05, 0) is 32.0 Å². The van der Waals surface area contributed by atoms with Crippen LogP contribution in [0.3, 0.4) is 0 Å². The molecule has 1 N–H and O–H groups in total. The Balaban J connectivity index is 0.00000243. The van der Waals surface area contributed by atoms with E-state index in [2.05, 4.69) is 38.9 Å². The summed E-state index contributed by atoms with van der Waals surface area (Å²) < 4.78 is 5.38. The van der Waals surface area contributed by atoms with Crippen molar-refractivity contribution < 1.29 is 4.42 Å². The number of rotatable bonds is 5. The molecule has 2 aromatic rings. The zero-order valence-electron chi connectivity index (χ0n) is 15.3. The first-order valence-electron chi connectivity index (χ1n) is 8.82. The zero-order chi connectivity index (χ0) is 17.5. The molecule has 1 fully saturated rings. The summed E-state index contributed by atoms with van der Waals surface area (Å²) in [5.74, 6) is 2.74. The zero-order valence-corrected chi connectivity index (χ0v) is 17.7. The second kappa shape index (κ2) is 10.3. The molecule has 0 aliphatic carbocycles. The van der Waals surface area contributed by atoms with E-state index >= 15 is 0 Å². The van der Waals surface area contributed by atoms with Crippen LogP contribution in [0.25, 0.3) is 0 Å². The van der Waals surface area contributed by atoms with E-state index in [0.717, 1.165) is 50.3 Å². The molecule has 1 aliphatic heterocycles. The van der Waals surface area contributed by atoms with Crippen molar-refractivity contribution in [3.05, 3.63) is 42.6 Å². The van der Waals surface area contributed by atoms with Gasteiger partial charge in [-0.3, -0.25) is 4.99 Å². The van der Waals surface area contributed by atoms with Crippen molar-refractivity contribution in [1.82, 2.24) is 20.2 Å². The molecule has 142 valence electrons. The fourth-order valence-corrected chi connectivity index (χ4v) is 2.79. The number of hydrogen-bond donors (Lipinski definition) is 1. The Hall–Kier alpha value is -1.84. The number of halogens is 1. The molecule has 0 spiro atoms. The molecule has 1 saturated heterocycles. The Morgan fingerprint density at radius 1 is 1.19 bits per heavy atom. The third-order valence-electron chi connectivity index (χ3n) is 4.03. The second-order valence-corrected chi connectivity index (χ2v) is 6.36. The Bertz CT molecular complexity index is 654. The normalized spacial score (nSPS) is 15.1. The van der Waals surface area contributed by atoms with E-state index in [1.165, 1.54) is 0 Å². The number of aliphatic imine (C=N–C) groups is 1. The maximum absolute atomic E-state index is 5.38. The minimum absolute atomic E-state index is 0. The molecule has 3 heterocycles. The molecule has 8 heteroatoms. The number of furan rings is 1. The Labute approximate surface area is 171 Å². The Morgan fingerprint density at radius 3 is 2.54 bits per heavy atom. The highest BCUT2D eigenvalue weighted by Crippen LogP contribution is 2.10. The van der Waals surface area contributed by atoms with Crippen molar-refractivity contribution >= 4 is 35.9 Å². The number of guanidine groups is 1. The number of nitrogens with zero attached hydrogens (tertiary/aromatic N) is 5. The van der Waals surface area contributed by atoms with Crippen LogP contribution in [0.15, 0.2) is 46.3 Å². The monoisotopic (exact) mass is 470 g/mol. The summed E-state index contributed by atoms with van der Waals surface area (Å²) in [4.78, 5) is 18.0. The van der Waals surface area contributed by atoms with Crippen molar-refractivity contribution in [3.63, 3.8) is 0 Å². The van der Waals surface area contributed by atoms with E-state index in [9.17, 15) is 0 Å². The minimum Gasteiger partial charge on any atom is -0.469 e. The molecule has 0 bridgehead atoms. The molecule has 26 heavy (non-hydrogen) atoms. The highest BCUT2D eigenvalue weighted by Gasteiger charge is 2.21. The molecule has 0 atom stereocenters. The van der Waals surface area contributed by atoms with Gasteiger partial charge in [0.2, 0.25) is 5.95 Å². The van der Waals surface area contributed by atoms with Gasteiger partial charge in [0.25, 0.3) is 0 Å². The van der Waals surface area contributed by atoms with Crippen molar-refractivity contribution in [2.75, 3.05) is 37.6 Å². The SMILES string of the molecule is CC(C)NC(=NCCc1ccco1)N1CCN(c2ncccn2)CC1.I. The second-order valence-electron chi connectivity index (χ2n) is 6.36. The lowest BCUT2D eigenvalue weighted by Crippen LogP contribution is -2.54. The van der Waals surface area contributed by atoms with Crippen LogP contribution in [-0.2, 0) is 6.42 Å². The number of nitrogens with one attached hydrogen (secondary N) is 1. The fourth-order valence-electron chi connectivity index (χ4n) is 2.79. The molecule has 0 radical (unpaired) electrons. The number of piperazine rings is 1. The number of aromatic nitrogens is 2. The molecule has 0 saturated carbocycles. The average molecular weight is 470 g/mol. The van der Waals surface area contributed by atoms with Gasteiger partial charge in [0.1, 0.15) is 5.76 Å². The molecule has 7 nitrogen and oxygen atoms in total. The Morgan fingerprint density at radius 2 is 1.92 bits per heavy atom. The van der Waals surface area contributed by atoms with Crippen LogP contribution in [0, 0.1) is 0 Å². The predicted octanol–water partition coefficient (Wildman–Crippen LogP) is 2.41. The van der Waals surface area contributed by atoms with E-state index in [0.29, 0.717) is 12.6 Å². The summed E-state index contributed by atoms with van der Waals surface area (Å²) in [6.45, 7) is 8.56. The summed E-state index contributed by atoms with van der Waals surface area (Å²) in [6, 6.07) is 6.09. The summed E-state index contributed by atoms with van der Waals surface area (Å²) in [6.07, 6.45) is 6.10. The van der Waals surface area contributed by atoms with E-state index in [4.69, 9.17) is 9.41 Å². The Kier molecular flexibility index (Phi) is 8.14. The lowest BCUT2D eigenvalue weighted by Gasteiger charge is -2.37. The van der Waals surface area contributed by atoms with Gasteiger partial charge in [-0.25, -0.2) is 9.97 Å². The van der Waals surface area contributed by atoms with E-state index in [1.807, 2.05) is 18.2 Å². The lowest BCUT2D eigenvalue weighted by molar-refractivity contribution is 0.365. The molecular formula is C18H27IN6O. The largest absolute Gasteiger partial charge is 0.469 e. The molecule has 0 amide bonds. The smallest absolute Gasteiger partial charge is 0.225 e. The van der Waals surface area contributed by atoms with Crippen LogP contribution >= 0.6 is 24.0 Å². The van der Waals surface area contributed by atoms with Gasteiger partial charge in [-0.15, -0.1) is 24.0 Å². The van der Waals surface area contributed by atoms with Gasteiger partial charge in [-0.2, -0.15) is 0 Å². The van der Waals surface area contributed by atoms with E-state index in [-0.39, 0.29) is 24.0 Å². The summed E-state index contributed by atoms with van der Waals surface area (Å²) in [5.41, 5.74) is 0. The fraction of sp³-hybridized carbons (Fsp3) is 0.500. The first kappa shape index (κ1) is 20.5. The first-order chi connectivity index (χ1) is 12.2. The van der Waals surface area contributed by atoms with Crippen molar-refractivity contribution in [2.24, 2.45) is 4.99 Å². The topological polar surface area (TPSA) is 69.8 Å². The number of anilines is 1. The van der Waals surface area contributed by atoms with E-state index < -0.39 is 0 Å². The third-order valence-corrected chi connectivity index (χ3v) is 4.03. The molecular weight excluding hydrogens is 443 g/mol. The first-order valence-corrected chi connectivity index (χ1v) is 8.82. The molecule has 0 aromatic carbocycles. The van der Waals surface area contributed by atoms with Gasteiger partial charge in [0, 0.05) is 57.6 Å². The highest BCUT2D eigenvalue weighted by atomic mass is 127. The van der Waals surface area contributed by atoms with E-state index in [1.54, 1.807) is 18.7 Å². The summed E-state index contributed by atoms with van der Waals surface area (Å²) >= 11 is 0. The van der Waals surface area contributed by atoms with Crippen LogP contribution in [0.5, 0.6) is 0 Å². The van der Waals surface area contributed by atoms with Crippen LogP contribution < -0.4 is 10.2 Å². The maximum atomic E-state index is 5.38. The molecule has 1 aliphatic rings. The quantitative estimate of drug-likeness (QED) is 0.411. The van der Waals surface area contributed by atoms with Crippen LogP contribution in [0.1, 0.15) is 19.6 Å². The third kappa shape index (κ3) is 5.86. The van der Waals surface area contributed by atoms with Gasteiger partial charge < -0.3 is 19.5 Å². The maximum Gasteiger partial charge on any atom is 0.225 e. The van der Waals surface area contributed by atoms with Crippen LogP contribution in [0.2, 0.25) is 0 Å². The minimum atomic E-state index is 0. The van der Waals surface area contributed by atoms with Gasteiger partial charge >= 0.3 is 0 Å². The van der Waals surface area contributed by atoms with Gasteiger partial charge in [-0.1, -0.05) is 0 Å². The number of hydrogen-bond acceptors (Lipinski definition) is 5. The lowest BCUT2D eigenvalue weighted by atomic mass is 10.3. The predicted molar refractivity (Wildman–Crippen MR) is 114 cm³/mol. The van der Waals surface area contributed by atoms with Gasteiger partial charge in [0.15, 0.2) is 5.96 Å². The highest BCUT2D eigenvalue weighted by molar-refractivity contribution is 14.0. The molecule has 2 aromatic heterocycles. The standard InChI is InChI=1S/C18H26N6O.HI/c1-15(2)22-18(21-9-6-16-5-3-14-25-16)24-12-10-23(11-13-24)17-19-7-4-8-20-17;/h3-5,7-8,14-15H,6,9-13H2,1-2H3,(H,21,22);1H. The van der Waals surface area contributed by atoms with Crippen LogP contribution in [0.4, 0.5) is 5.95 Å². The van der Waals surface area contributed by atoms with Crippen LogP contribution in [-0.4, -0.2) is 59.6 Å².